The van der Waals surface area contributed by atoms with Gasteiger partial charge in [0.2, 0.25) is 10.0 Å². The van der Waals surface area contributed by atoms with Gasteiger partial charge in [0.05, 0.1) is 22.5 Å². The summed E-state index contributed by atoms with van der Waals surface area (Å²) >= 11 is 0. The van der Waals surface area contributed by atoms with Crippen LogP contribution >= 0.6 is 0 Å². The number of aromatic nitrogens is 1. The summed E-state index contributed by atoms with van der Waals surface area (Å²) in [5.74, 6) is 0.545. The number of benzene rings is 2. The number of nitro groups is 1. The number of hydrogen-bond donors (Lipinski definition) is 0. The number of carbonyl (C=O) groups is 1. The van der Waals surface area contributed by atoms with Gasteiger partial charge in [0.1, 0.15) is 5.75 Å². The third kappa shape index (κ3) is 4.64. The van der Waals surface area contributed by atoms with Crippen molar-refractivity contribution in [1.82, 2.24) is 13.8 Å². The average molecular weight is 499 g/mol. The molecule has 184 valence electrons. The Morgan fingerprint density at radius 2 is 1.69 bits per heavy atom. The lowest BCUT2D eigenvalue weighted by Crippen LogP contribution is -2.50. The summed E-state index contributed by atoms with van der Waals surface area (Å²) in [6.45, 7) is 4.44. The quantitative estimate of drug-likeness (QED) is 0.381. The second-order valence-corrected chi connectivity index (χ2v) is 10.2. The van der Waals surface area contributed by atoms with Crippen molar-refractivity contribution in [1.29, 1.82) is 0 Å². The molecule has 1 aliphatic rings. The van der Waals surface area contributed by atoms with Gasteiger partial charge in [-0.15, -0.1) is 0 Å². The number of rotatable bonds is 6. The predicted molar refractivity (Wildman–Crippen MR) is 130 cm³/mol. The number of carbonyl (C=O) groups excluding carboxylic acids is 1. The second kappa shape index (κ2) is 9.51. The molecule has 10 nitrogen and oxygen atoms in total. The number of nitrogens with zero attached hydrogens (tertiary/aromatic N) is 4. The summed E-state index contributed by atoms with van der Waals surface area (Å²) in [5.41, 5.74) is 2.83. The highest BCUT2D eigenvalue weighted by molar-refractivity contribution is 7.89. The lowest BCUT2D eigenvalue weighted by Gasteiger charge is -2.34. The molecule has 1 amide bonds. The van der Waals surface area contributed by atoms with Crippen molar-refractivity contribution in [3.8, 4) is 11.4 Å². The van der Waals surface area contributed by atoms with Gasteiger partial charge in [-0.2, -0.15) is 4.31 Å². The van der Waals surface area contributed by atoms with Crippen molar-refractivity contribution in [2.24, 2.45) is 0 Å². The molecular formula is C24H26N4O6S. The van der Waals surface area contributed by atoms with E-state index in [1.165, 1.54) is 22.5 Å². The molecule has 11 heteroatoms. The third-order valence-electron chi connectivity index (χ3n) is 6.17. The Bertz CT molecular complexity index is 1390. The molecule has 0 bridgehead atoms. The van der Waals surface area contributed by atoms with E-state index in [-0.39, 0.29) is 42.7 Å². The fourth-order valence-corrected chi connectivity index (χ4v) is 5.80. The molecule has 0 aliphatic carbocycles. The van der Waals surface area contributed by atoms with E-state index >= 15 is 0 Å². The van der Waals surface area contributed by atoms with Crippen LogP contribution < -0.4 is 4.74 Å². The molecule has 1 fully saturated rings. The summed E-state index contributed by atoms with van der Waals surface area (Å²) in [4.78, 5) is 25.2. The summed E-state index contributed by atoms with van der Waals surface area (Å²) in [6.07, 6.45) is 0. The van der Waals surface area contributed by atoms with E-state index in [9.17, 15) is 23.3 Å². The molecule has 0 radical (unpaired) electrons. The first kappa shape index (κ1) is 24.4. The van der Waals surface area contributed by atoms with Gasteiger partial charge in [-0.3, -0.25) is 14.9 Å². The number of sulfonamides is 1. The summed E-state index contributed by atoms with van der Waals surface area (Å²) in [5, 5.41) is 11.0. The molecule has 2 heterocycles. The first-order valence-corrected chi connectivity index (χ1v) is 12.4. The maximum absolute atomic E-state index is 13.3. The van der Waals surface area contributed by atoms with E-state index in [0.29, 0.717) is 11.3 Å². The van der Waals surface area contributed by atoms with Crippen LogP contribution in [-0.2, 0) is 10.0 Å². The zero-order chi connectivity index (χ0) is 25.3. The summed E-state index contributed by atoms with van der Waals surface area (Å²) < 4.78 is 34.6. The Kier molecular flexibility index (Phi) is 6.64. The van der Waals surface area contributed by atoms with Gasteiger partial charge in [-0.1, -0.05) is 12.1 Å². The summed E-state index contributed by atoms with van der Waals surface area (Å²) in [6, 6.07) is 14.4. The maximum atomic E-state index is 13.3. The molecule has 0 saturated carbocycles. The zero-order valence-electron chi connectivity index (χ0n) is 19.7. The molecule has 0 spiro atoms. The first-order chi connectivity index (χ1) is 16.6. The Balaban J connectivity index is 1.51. The first-order valence-electron chi connectivity index (χ1n) is 11.0. The van der Waals surface area contributed by atoms with Crippen molar-refractivity contribution in [2.45, 2.75) is 18.7 Å². The average Bonchev–Trinajstić information content (AvgIpc) is 3.17. The van der Waals surface area contributed by atoms with Crippen LogP contribution in [-0.4, -0.2) is 66.3 Å². The molecule has 35 heavy (non-hydrogen) atoms. The fraction of sp³-hybridized carbons (Fsp3) is 0.292. The molecule has 4 rings (SSSR count). The van der Waals surface area contributed by atoms with Crippen LogP contribution in [0.5, 0.6) is 5.75 Å². The van der Waals surface area contributed by atoms with Crippen molar-refractivity contribution in [3.05, 3.63) is 81.7 Å². The zero-order valence-corrected chi connectivity index (χ0v) is 20.5. The van der Waals surface area contributed by atoms with E-state index in [0.717, 1.165) is 23.1 Å². The minimum Gasteiger partial charge on any atom is -0.497 e. The van der Waals surface area contributed by atoms with E-state index < -0.39 is 14.9 Å². The van der Waals surface area contributed by atoms with Gasteiger partial charge in [0, 0.05) is 61.5 Å². The number of piperazine rings is 1. The topological polar surface area (TPSA) is 115 Å². The number of hydrogen-bond acceptors (Lipinski definition) is 6. The van der Waals surface area contributed by atoms with Crippen LogP contribution in [0.25, 0.3) is 5.69 Å². The molecule has 1 saturated heterocycles. The molecule has 2 aromatic carbocycles. The van der Waals surface area contributed by atoms with Crippen molar-refractivity contribution in [2.75, 3.05) is 33.3 Å². The van der Waals surface area contributed by atoms with Crippen LogP contribution in [0, 0.1) is 24.0 Å². The normalized spacial score (nSPS) is 14.7. The van der Waals surface area contributed by atoms with Crippen LogP contribution in [0.1, 0.15) is 21.7 Å². The lowest BCUT2D eigenvalue weighted by atomic mass is 10.2. The smallest absolute Gasteiger partial charge is 0.270 e. The fourth-order valence-electron chi connectivity index (χ4n) is 4.33. The highest BCUT2D eigenvalue weighted by Crippen LogP contribution is 2.26. The van der Waals surface area contributed by atoms with Gasteiger partial charge in [0.15, 0.2) is 0 Å². The molecule has 1 aliphatic heterocycles. The minimum atomic E-state index is -3.91. The van der Waals surface area contributed by atoms with E-state index in [1.54, 1.807) is 12.0 Å². The molecule has 0 N–H and O–H groups in total. The van der Waals surface area contributed by atoms with Crippen molar-refractivity contribution < 1.29 is 22.9 Å². The Labute approximate surface area is 203 Å². The third-order valence-corrected chi connectivity index (χ3v) is 8.06. The number of nitro benzene ring substituents is 1. The summed E-state index contributed by atoms with van der Waals surface area (Å²) in [7, 11) is -2.31. The maximum Gasteiger partial charge on any atom is 0.270 e. The number of amides is 1. The van der Waals surface area contributed by atoms with Crippen LogP contribution in [0.15, 0.2) is 59.5 Å². The van der Waals surface area contributed by atoms with Crippen LogP contribution in [0.2, 0.25) is 0 Å². The Hall–Kier alpha value is -3.70. The van der Waals surface area contributed by atoms with Gasteiger partial charge in [-0.25, -0.2) is 8.42 Å². The predicted octanol–water partition coefficient (Wildman–Crippen LogP) is 3.16. The highest BCUT2D eigenvalue weighted by atomic mass is 32.2. The van der Waals surface area contributed by atoms with E-state index in [1.807, 2.05) is 48.7 Å². The number of aryl methyl sites for hydroxylation is 1. The van der Waals surface area contributed by atoms with Gasteiger partial charge in [-0.05, 0) is 38.1 Å². The van der Waals surface area contributed by atoms with Gasteiger partial charge in [0.25, 0.3) is 11.6 Å². The Morgan fingerprint density at radius 3 is 2.34 bits per heavy atom. The minimum absolute atomic E-state index is 0.103. The van der Waals surface area contributed by atoms with Crippen molar-refractivity contribution >= 4 is 21.6 Å². The van der Waals surface area contributed by atoms with Crippen molar-refractivity contribution in [3.63, 3.8) is 0 Å². The SMILES string of the molecule is COc1cccc(-n2c(C)cc(C(=O)N3CCN(S(=O)(=O)c4cccc([N+](=O)[O-])c4)CC3)c2C)c1. The number of non-ortho nitro benzene ring substituents is 1. The van der Waals surface area contributed by atoms with Gasteiger partial charge < -0.3 is 14.2 Å². The lowest BCUT2D eigenvalue weighted by molar-refractivity contribution is -0.385. The molecular weight excluding hydrogens is 472 g/mol. The molecule has 3 aromatic rings. The molecule has 1 aromatic heterocycles. The largest absolute Gasteiger partial charge is 0.497 e. The monoisotopic (exact) mass is 498 g/mol. The van der Waals surface area contributed by atoms with Gasteiger partial charge >= 0.3 is 0 Å². The van der Waals surface area contributed by atoms with Crippen LogP contribution in [0.4, 0.5) is 5.69 Å². The van der Waals surface area contributed by atoms with E-state index in [4.69, 9.17) is 4.74 Å². The molecule has 0 unspecified atom stereocenters. The molecule has 0 atom stereocenters. The standard InChI is InChI=1S/C24H26N4O6S/c1-17-14-23(18(2)27(17)19-6-4-8-21(15-19)34-3)24(29)25-10-12-26(13-11-25)35(32,33)22-9-5-7-20(16-22)28(30)31/h4-9,14-16H,10-13H2,1-3H3. The number of ether oxygens (including phenoxy) is 1. The highest BCUT2D eigenvalue weighted by Gasteiger charge is 2.32. The van der Waals surface area contributed by atoms with E-state index in [2.05, 4.69) is 0 Å². The Morgan fingerprint density at radius 1 is 1.00 bits per heavy atom. The van der Waals surface area contributed by atoms with Crippen LogP contribution in [0.3, 0.4) is 0 Å². The number of methoxy groups -OCH3 is 1. The second-order valence-electron chi connectivity index (χ2n) is 8.27.